The van der Waals surface area contributed by atoms with Gasteiger partial charge >= 0.3 is 0 Å². The Morgan fingerprint density at radius 3 is 2.63 bits per heavy atom. The molecule has 1 aromatic heterocycles. The summed E-state index contributed by atoms with van der Waals surface area (Å²) in [5.41, 5.74) is 3.99. The molecule has 0 fully saturated rings. The second kappa shape index (κ2) is 11.8. The highest BCUT2D eigenvalue weighted by Crippen LogP contribution is 2.28. The van der Waals surface area contributed by atoms with Gasteiger partial charge in [0.05, 0.1) is 0 Å². The number of aromatic nitrogens is 2. The van der Waals surface area contributed by atoms with E-state index < -0.39 is 0 Å². The van der Waals surface area contributed by atoms with E-state index in [9.17, 15) is 9.59 Å². The first kappa shape index (κ1) is 25.4. The summed E-state index contributed by atoms with van der Waals surface area (Å²) in [5, 5.41) is 7.71. The Balaban J connectivity index is 1.56. The molecule has 1 atom stereocenters. The largest absolute Gasteiger partial charge is 0.351 e. The molecule has 0 saturated heterocycles. The van der Waals surface area contributed by atoms with Gasteiger partial charge in [0.1, 0.15) is 0 Å². The molecular formula is C28H41N5O2. The van der Waals surface area contributed by atoms with E-state index >= 15 is 0 Å². The van der Waals surface area contributed by atoms with Crippen LogP contribution >= 0.6 is 0 Å². The number of aryl methyl sites for hydroxylation is 1. The number of nitrogens with one attached hydrogen (secondary N) is 1. The van der Waals surface area contributed by atoms with Crippen LogP contribution in [0.2, 0.25) is 0 Å². The lowest BCUT2D eigenvalue weighted by molar-refractivity contribution is -0.134. The maximum atomic E-state index is 13.5. The van der Waals surface area contributed by atoms with Gasteiger partial charge in [-0.1, -0.05) is 44.2 Å². The van der Waals surface area contributed by atoms with Crippen molar-refractivity contribution in [2.75, 3.05) is 26.2 Å². The third kappa shape index (κ3) is 6.51. The van der Waals surface area contributed by atoms with Gasteiger partial charge in [-0.3, -0.25) is 19.2 Å². The Labute approximate surface area is 209 Å². The second-order valence-corrected chi connectivity index (χ2v) is 10.5. The maximum Gasteiger partial charge on any atom is 0.272 e. The summed E-state index contributed by atoms with van der Waals surface area (Å²) in [6.07, 6.45) is 5.79. The van der Waals surface area contributed by atoms with Crippen LogP contribution in [0.1, 0.15) is 73.3 Å². The molecule has 2 aromatic rings. The number of hydrogen-bond acceptors (Lipinski definition) is 4. The highest BCUT2D eigenvalue weighted by Gasteiger charge is 2.33. The third-order valence-electron chi connectivity index (χ3n) is 7.40. The number of carbonyl (C=O) groups is 2. The summed E-state index contributed by atoms with van der Waals surface area (Å²) in [7, 11) is 1.93. The van der Waals surface area contributed by atoms with E-state index in [0.29, 0.717) is 24.6 Å². The van der Waals surface area contributed by atoms with Gasteiger partial charge < -0.3 is 10.2 Å². The average Bonchev–Trinajstić information content (AvgIpc) is 3.17. The van der Waals surface area contributed by atoms with Gasteiger partial charge in [0.15, 0.2) is 5.69 Å². The van der Waals surface area contributed by atoms with Crippen LogP contribution in [0.5, 0.6) is 0 Å². The first-order valence-electron chi connectivity index (χ1n) is 13.3. The number of amides is 2. The fourth-order valence-electron chi connectivity index (χ4n) is 5.42. The number of fused-ring (bicyclic) bond motifs is 1. The maximum absolute atomic E-state index is 13.5. The van der Waals surface area contributed by atoms with Crippen LogP contribution in [0.25, 0.3) is 0 Å². The van der Waals surface area contributed by atoms with Crippen LogP contribution in [0, 0.1) is 5.92 Å². The minimum atomic E-state index is -0.0907. The molecule has 2 amide bonds. The highest BCUT2D eigenvalue weighted by atomic mass is 16.2. The molecule has 7 nitrogen and oxygen atoms in total. The van der Waals surface area contributed by atoms with Gasteiger partial charge in [-0.2, -0.15) is 5.10 Å². The Kier molecular flexibility index (Phi) is 8.60. The summed E-state index contributed by atoms with van der Waals surface area (Å²) in [4.78, 5) is 31.1. The van der Waals surface area contributed by atoms with Gasteiger partial charge in [-0.15, -0.1) is 0 Å². The van der Waals surface area contributed by atoms with Gasteiger partial charge in [-0.25, -0.2) is 0 Å². The Morgan fingerprint density at radius 2 is 1.86 bits per heavy atom. The zero-order valence-corrected chi connectivity index (χ0v) is 21.6. The predicted molar refractivity (Wildman–Crippen MR) is 138 cm³/mol. The summed E-state index contributed by atoms with van der Waals surface area (Å²) >= 11 is 0. The molecule has 1 aliphatic carbocycles. The first-order valence-corrected chi connectivity index (χ1v) is 13.3. The number of benzene rings is 1. The number of hydrogen-bond donors (Lipinski definition) is 1. The van der Waals surface area contributed by atoms with Crippen LogP contribution in [0.15, 0.2) is 30.3 Å². The third-order valence-corrected chi connectivity index (χ3v) is 7.40. The van der Waals surface area contributed by atoms with Crippen molar-refractivity contribution in [2.24, 2.45) is 13.0 Å². The molecule has 1 aromatic carbocycles. The molecular weight excluding hydrogens is 438 g/mol. The van der Waals surface area contributed by atoms with Crippen molar-refractivity contribution >= 4 is 11.8 Å². The predicted octanol–water partition coefficient (Wildman–Crippen LogP) is 3.57. The smallest absolute Gasteiger partial charge is 0.272 e. The summed E-state index contributed by atoms with van der Waals surface area (Å²) in [6, 6.07) is 10.6. The van der Waals surface area contributed by atoms with E-state index in [0.717, 1.165) is 76.0 Å². The van der Waals surface area contributed by atoms with Crippen LogP contribution in [0.4, 0.5) is 0 Å². The minimum absolute atomic E-state index is 0.0907. The zero-order chi connectivity index (χ0) is 24.8. The van der Waals surface area contributed by atoms with Crippen LogP contribution in [-0.4, -0.2) is 63.6 Å². The Bertz CT molecular complexity index is 1000. The molecule has 0 spiro atoms. The summed E-state index contributed by atoms with van der Waals surface area (Å²) in [6.45, 7) is 8.44. The van der Waals surface area contributed by atoms with Gasteiger partial charge in [0, 0.05) is 56.9 Å². The van der Waals surface area contributed by atoms with Crippen molar-refractivity contribution in [1.82, 2.24) is 24.9 Å². The standard InChI is InChI=1S/C28H41N5O2/c1-21(2)14-18-33-23-12-13-25-24(19-23)27(30-31(25)3)28(35)29-15-8-17-32(16-7-11-26(33)34)20-22-9-5-4-6-10-22/h4-6,9-10,21,23H,7-8,11-20H2,1-3H3,(H,29,35). The molecule has 4 rings (SSSR count). The second-order valence-electron chi connectivity index (χ2n) is 10.5. The van der Waals surface area contributed by atoms with E-state index in [1.54, 1.807) is 0 Å². The molecule has 1 unspecified atom stereocenters. The fraction of sp³-hybridized carbons (Fsp3) is 0.607. The number of rotatable bonds is 5. The van der Waals surface area contributed by atoms with Crippen molar-refractivity contribution < 1.29 is 9.59 Å². The number of carbonyl (C=O) groups excluding carboxylic acids is 2. The van der Waals surface area contributed by atoms with E-state index in [-0.39, 0.29) is 17.9 Å². The van der Waals surface area contributed by atoms with Crippen molar-refractivity contribution in [3.8, 4) is 0 Å². The van der Waals surface area contributed by atoms with Gasteiger partial charge in [0.25, 0.3) is 5.91 Å². The molecule has 0 radical (unpaired) electrons. The summed E-state index contributed by atoms with van der Waals surface area (Å²) in [5.74, 6) is 0.704. The minimum Gasteiger partial charge on any atom is -0.351 e. The molecule has 2 heterocycles. The molecule has 2 bridgehead atoms. The van der Waals surface area contributed by atoms with Gasteiger partial charge in [0.2, 0.25) is 5.91 Å². The quantitative estimate of drug-likeness (QED) is 0.712. The molecule has 0 saturated carbocycles. The lowest BCUT2D eigenvalue weighted by Gasteiger charge is -2.35. The molecule has 1 N–H and O–H groups in total. The lowest BCUT2D eigenvalue weighted by Crippen LogP contribution is -2.44. The van der Waals surface area contributed by atoms with E-state index in [1.165, 1.54) is 5.56 Å². The van der Waals surface area contributed by atoms with Crippen molar-refractivity contribution in [2.45, 2.75) is 71.4 Å². The SMILES string of the molecule is CC(C)CCN1C(=O)CCCN(Cc2ccccc2)CCCNC(=O)c2nn(C)c3c2CC1CC3. The van der Waals surface area contributed by atoms with E-state index in [1.807, 2.05) is 17.8 Å². The Morgan fingerprint density at radius 1 is 1.09 bits per heavy atom. The summed E-state index contributed by atoms with van der Waals surface area (Å²) < 4.78 is 1.87. The van der Waals surface area contributed by atoms with Gasteiger partial charge in [-0.05, 0) is 56.6 Å². The van der Waals surface area contributed by atoms with E-state index in [2.05, 4.69) is 58.3 Å². The average molecular weight is 480 g/mol. The van der Waals surface area contributed by atoms with Crippen molar-refractivity contribution in [3.05, 3.63) is 52.8 Å². The van der Waals surface area contributed by atoms with Crippen LogP contribution in [-0.2, 0) is 31.2 Å². The molecule has 2 aliphatic rings. The molecule has 35 heavy (non-hydrogen) atoms. The molecule has 1 aliphatic heterocycles. The molecule has 7 heteroatoms. The first-order chi connectivity index (χ1) is 16.9. The highest BCUT2D eigenvalue weighted by molar-refractivity contribution is 5.94. The molecule has 190 valence electrons. The monoisotopic (exact) mass is 479 g/mol. The lowest BCUT2D eigenvalue weighted by atomic mass is 9.89. The Hall–Kier alpha value is -2.67. The van der Waals surface area contributed by atoms with Crippen molar-refractivity contribution in [1.29, 1.82) is 0 Å². The topological polar surface area (TPSA) is 70.5 Å². The van der Waals surface area contributed by atoms with E-state index in [4.69, 9.17) is 0 Å². The fourth-order valence-corrected chi connectivity index (χ4v) is 5.42. The van der Waals surface area contributed by atoms with Crippen LogP contribution < -0.4 is 5.32 Å². The van der Waals surface area contributed by atoms with Crippen LogP contribution in [0.3, 0.4) is 0 Å². The number of nitrogens with zero attached hydrogens (tertiary/aromatic N) is 4. The zero-order valence-electron chi connectivity index (χ0n) is 21.6. The normalized spacial score (nSPS) is 20.5. The van der Waals surface area contributed by atoms with Crippen molar-refractivity contribution in [3.63, 3.8) is 0 Å².